The van der Waals surface area contributed by atoms with Crippen LogP contribution in [0.15, 0.2) is 50.9 Å². The van der Waals surface area contributed by atoms with Gasteiger partial charge in [-0.15, -0.1) is 0 Å². The molecule has 0 spiro atoms. The molecule has 0 bridgehead atoms. The van der Waals surface area contributed by atoms with Crippen molar-refractivity contribution in [1.82, 2.24) is 15.4 Å². The molecular weight excluding hydrogens is 350 g/mol. The van der Waals surface area contributed by atoms with E-state index in [0.717, 1.165) is 10.3 Å². The lowest BCUT2D eigenvalue weighted by atomic mass is 10.0. The lowest BCUT2D eigenvalue weighted by molar-refractivity contribution is -0.130. The third-order valence-electron chi connectivity index (χ3n) is 4.29. The number of fused-ring (bicyclic) bond motifs is 2. The molecular formula is C18H15N5O4. The van der Waals surface area contributed by atoms with Gasteiger partial charge in [0.15, 0.2) is 5.58 Å². The Hall–Kier alpha value is -3.62. The number of benzene rings is 1. The first-order valence-electron chi connectivity index (χ1n) is 8.38. The van der Waals surface area contributed by atoms with E-state index in [-0.39, 0.29) is 31.3 Å². The van der Waals surface area contributed by atoms with Gasteiger partial charge in [-0.25, -0.2) is 9.79 Å². The molecule has 1 atom stereocenters. The van der Waals surface area contributed by atoms with Crippen molar-refractivity contribution in [3.8, 4) is 0 Å². The van der Waals surface area contributed by atoms with Gasteiger partial charge in [-0.3, -0.25) is 14.5 Å². The average Bonchev–Trinajstić information content (AvgIpc) is 3.07. The highest BCUT2D eigenvalue weighted by Gasteiger charge is 2.36. The summed E-state index contributed by atoms with van der Waals surface area (Å²) < 4.78 is 5.17. The van der Waals surface area contributed by atoms with E-state index in [2.05, 4.69) is 20.5 Å². The SMILES string of the molecule is O=C(Cc1noc2ccccc12)NCCN1C(=O)N=C2N=CC=CC2C1=O. The number of amidine groups is 1. The summed E-state index contributed by atoms with van der Waals surface area (Å²) in [5, 5.41) is 7.37. The van der Waals surface area contributed by atoms with Crippen LogP contribution >= 0.6 is 0 Å². The summed E-state index contributed by atoms with van der Waals surface area (Å²) in [5.74, 6) is -1.12. The molecule has 2 aliphatic rings. The summed E-state index contributed by atoms with van der Waals surface area (Å²) in [6.07, 6.45) is 4.81. The second-order valence-electron chi connectivity index (χ2n) is 6.04. The van der Waals surface area contributed by atoms with Crippen LogP contribution in [0.5, 0.6) is 0 Å². The van der Waals surface area contributed by atoms with E-state index >= 15 is 0 Å². The van der Waals surface area contributed by atoms with Crippen LogP contribution in [0.3, 0.4) is 0 Å². The fourth-order valence-corrected chi connectivity index (χ4v) is 2.95. The number of hydrogen-bond donors (Lipinski definition) is 1. The van der Waals surface area contributed by atoms with Crippen molar-refractivity contribution in [1.29, 1.82) is 0 Å². The fraction of sp³-hybridized carbons (Fsp3) is 0.222. The first-order chi connectivity index (χ1) is 13.1. The van der Waals surface area contributed by atoms with Gasteiger partial charge in [-0.05, 0) is 18.2 Å². The van der Waals surface area contributed by atoms with Gasteiger partial charge < -0.3 is 9.84 Å². The van der Waals surface area contributed by atoms with E-state index in [1.165, 1.54) is 6.21 Å². The number of imide groups is 1. The first kappa shape index (κ1) is 16.8. The van der Waals surface area contributed by atoms with E-state index in [1.54, 1.807) is 18.2 Å². The number of nitrogens with zero attached hydrogens (tertiary/aromatic N) is 4. The second-order valence-corrected chi connectivity index (χ2v) is 6.04. The van der Waals surface area contributed by atoms with Gasteiger partial charge in [-0.1, -0.05) is 23.4 Å². The van der Waals surface area contributed by atoms with Crippen LogP contribution in [0.1, 0.15) is 5.69 Å². The molecule has 4 amide bonds. The van der Waals surface area contributed by atoms with Gasteiger partial charge in [-0.2, -0.15) is 4.99 Å². The summed E-state index contributed by atoms with van der Waals surface area (Å²) in [6.45, 7) is 0.157. The molecule has 2 aliphatic heterocycles. The molecule has 1 unspecified atom stereocenters. The number of carbonyl (C=O) groups is 3. The number of hydrogen-bond acceptors (Lipinski definition) is 6. The zero-order chi connectivity index (χ0) is 18.8. The Labute approximate surface area is 153 Å². The molecule has 0 aliphatic carbocycles. The molecule has 4 rings (SSSR count). The van der Waals surface area contributed by atoms with Gasteiger partial charge in [0, 0.05) is 24.7 Å². The van der Waals surface area contributed by atoms with Gasteiger partial charge in [0.2, 0.25) is 11.8 Å². The Bertz CT molecular complexity index is 1020. The highest BCUT2D eigenvalue weighted by atomic mass is 16.5. The van der Waals surface area contributed by atoms with Gasteiger partial charge in [0.25, 0.3) is 0 Å². The number of urea groups is 1. The number of amides is 4. The molecule has 1 aromatic heterocycles. The smallest absolute Gasteiger partial charge is 0.352 e. The molecule has 0 radical (unpaired) electrons. The standard InChI is InChI=1S/C18H15N5O4/c24-15(10-13-11-4-1-2-6-14(11)27-22-13)19-8-9-23-17(25)12-5-3-7-20-16(12)21-18(23)26/h1-7,12H,8-10H2,(H,19,24). The number of rotatable bonds is 5. The van der Waals surface area contributed by atoms with Crippen LogP contribution in [0.4, 0.5) is 4.79 Å². The molecule has 0 saturated heterocycles. The average molecular weight is 365 g/mol. The van der Waals surface area contributed by atoms with Crippen molar-refractivity contribution in [2.45, 2.75) is 6.42 Å². The Morgan fingerprint density at radius 2 is 2.11 bits per heavy atom. The Kier molecular flexibility index (Phi) is 4.33. The first-order valence-corrected chi connectivity index (χ1v) is 8.38. The van der Waals surface area contributed by atoms with Crippen molar-refractivity contribution in [3.63, 3.8) is 0 Å². The van der Waals surface area contributed by atoms with Crippen LogP contribution in [0, 0.1) is 5.92 Å². The largest absolute Gasteiger partial charge is 0.356 e. The summed E-state index contributed by atoms with van der Waals surface area (Å²) >= 11 is 0. The summed E-state index contributed by atoms with van der Waals surface area (Å²) in [4.78, 5) is 45.4. The second kappa shape index (κ2) is 6.94. The monoisotopic (exact) mass is 365 g/mol. The molecule has 27 heavy (non-hydrogen) atoms. The van der Waals surface area contributed by atoms with E-state index in [9.17, 15) is 14.4 Å². The molecule has 3 heterocycles. The van der Waals surface area contributed by atoms with Gasteiger partial charge in [0.1, 0.15) is 17.4 Å². The van der Waals surface area contributed by atoms with E-state index < -0.39 is 17.9 Å². The number of allylic oxidation sites excluding steroid dienone is 1. The molecule has 0 fully saturated rings. The Morgan fingerprint density at radius 1 is 1.26 bits per heavy atom. The molecule has 2 aromatic rings. The highest BCUT2D eigenvalue weighted by Crippen LogP contribution is 2.19. The van der Waals surface area contributed by atoms with Crippen LogP contribution < -0.4 is 5.32 Å². The number of aromatic nitrogens is 1. The van der Waals surface area contributed by atoms with Crippen LogP contribution in [-0.4, -0.2) is 53.0 Å². The number of nitrogens with one attached hydrogen (secondary N) is 1. The molecule has 1 aromatic carbocycles. The number of dihydropyridines is 1. The van der Waals surface area contributed by atoms with E-state index in [0.29, 0.717) is 11.3 Å². The number of para-hydroxylation sites is 1. The predicted octanol–water partition coefficient (Wildman–Crippen LogP) is 1.10. The van der Waals surface area contributed by atoms with Crippen molar-refractivity contribution < 1.29 is 18.9 Å². The normalized spacial score (nSPS) is 18.6. The maximum Gasteiger partial charge on any atom is 0.352 e. The van der Waals surface area contributed by atoms with Crippen LogP contribution in [0.2, 0.25) is 0 Å². The minimum Gasteiger partial charge on any atom is -0.356 e. The Balaban J connectivity index is 1.34. The number of carbonyl (C=O) groups excluding carboxylic acids is 3. The van der Waals surface area contributed by atoms with Gasteiger partial charge in [0.05, 0.1) is 6.42 Å². The van der Waals surface area contributed by atoms with Crippen LogP contribution in [-0.2, 0) is 16.0 Å². The van der Waals surface area contributed by atoms with Crippen LogP contribution in [0.25, 0.3) is 11.0 Å². The third-order valence-corrected chi connectivity index (χ3v) is 4.29. The topological polar surface area (TPSA) is 117 Å². The van der Waals surface area contributed by atoms with Gasteiger partial charge >= 0.3 is 6.03 Å². The van der Waals surface area contributed by atoms with E-state index in [4.69, 9.17) is 4.52 Å². The van der Waals surface area contributed by atoms with Crippen molar-refractivity contribution in [2.75, 3.05) is 13.1 Å². The lowest BCUT2D eigenvalue weighted by Gasteiger charge is -2.27. The quantitative estimate of drug-likeness (QED) is 0.851. The predicted molar refractivity (Wildman–Crippen MR) is 96.4 cm³/mol. The summed E-state index contributed by atoms with van der Waals surface area (Å²) in [5.41, 5.74) is 1.15. The minimum absolute atomic E-state index is 0.0355. The van der Waals surface area contributed by atoms with Crippen molar-refractivity contribution in [2.24, 2.45) is 15.9 Å². The molecule has 1 N–H and O–H groups in total. The zero-order valence-electron chi connectivity index (χ0n) is 14.2. The maximum absolute atomic E-state index is 12.4. The lowest BCUT2D eigenvalue weighted by Crippen LogP contribution is -2.48. The maximum atomic E-state index is 12.4. The van der Waals surface area contributed by atoms with Crippen molar-refractivity contribution in [3.05, 3.63) is 42.1 Å². The number of aliphatic imine (C=N–C) groups is 2. The summed E-state index contributed by atoms with van der Waals surface area (Å²) in [6, 6.07) is 6.60. The third kappa shape index (κ3) is 3.26. The highest BCUT2D eigenvalue weighted by molar-refractivity contribution is 6.19. The molecule has 9 heteroatoms. The summed E-state index contributed by atoms with van der Waals surface area (Å²) in [7, 11) is 0. The fourth-order valence-electron chi connectivity index (χ4n) is 2.95. The minimum atomic E-state index is -0.671. The van der Waals surface area contributed by atoms with Crippen molar-refractivity contribution >= 4 is 40.9 Å². The van der Waals surface area contributed by atoms with E-state index in [1.807, 2.05) is 18.2 Å². The molecule has 0 saturated carbocycles. The zero-order valence-corrected chi connectivity index (χ0v) is 14.2. The Morgan fingerprint density at radius 3 is 3.00 bits per heavy atom. The molecule has 136 valence electrons. The molecule has 9 nitrogen and oxygen atoms in total.